The minimum atomic E-state index is -0.313. The summed E-state index contributed by atoms with van der Waals surface area (Å²) in [7, 11) is 0. The second kappa shape index (κ2) is 9.43. The van der Waals surface area contributed by atoms with E-state index in [9.17, 15) is 9.90 Å². The van der Waals surface area contributed by atoms with Crippen LogP contribution in [0.4, 0.5) is 0 Å². The summed E-state index contributed by atoms with van der Waals surface area (Å²) in [6.45, 7) is 6.51. The molecule has 31 heavy (non-hydrogen) atoms. The van der Waals surface area contributed by atoms with Crippen LogP contribution in [0, 0.1) is 6.92 Å². The molecule has 6 nitrogen and oxygen atoms in total. The number of aromatic nitrogens is 1. The van der Waals surface area contributed by atoms with Crippen molar-refractivity contribution in [1.82, 2.24) is 9.47 Å². The molecule has 3 heterocycles. The molecule has 0 bridgehead atoms. The summed E-state index contributed by atoms with van der Waals surface area (Å²) >= 11 is 0. The van der Waals surface area contributed by atoms with E-state index in [1.807, 2.05) is 50.2 Å². The monoisotopic (exact) mass is 422 g/mol. The first-order chi connectivity index (χ1) is 15.1. The third-order valence-electron chi connectivity index (χ3n) is 5.95. The number of nitrogens with zero attached hydrogens (tertiary/aromatic N) is 2. The van der Waals surface area contributed by atoms with Crippen LogP contribution >= 0.6 is 0 Å². The number of likely N-dealkylation sites (tertiary alicyclic amines) is 1. The molecule has 4 rings (SSSR count). The Morgan fingerprint density at radius 3 is 2.52 bits per heavy atom. The molecular formula is C25H30N2O4. The van der Waals surface area contributed by atoms with Crippen molar-refractivity contribution >= 4 is 0 Å². The molecule has 1 atom stereocenters. The average Bonchev–Trinajstić information content (AvgIpc) is 3.29. The Hall–Kier alpha value is -2.99. The summed E-state index contributed by atoms with van der Waals surface area (Å²) in [4.78, 5) is 16.0. The number of piperidine rings is 1. The van der Waals surface area contributed by atoms with Gasteiger partial charge in [-0.25, -0.2) is 0 Å². The predicted molar refractivity (Wildman–Crippen MR) is 120 cm³/mol. The highest BCUT2D eigenvalue weighted by Gasteiger charge is 2.30. The average molecular weight is 423 g/mol. The van der Waals surface area contributed by atoms with Gasteiger partial charge in [0.15, 0.2) is 0 Å². The Labute approximate surface area is 182 Å². The van der Waals surface area contributed by atoms with Gasteiger partial charge in [-0.2, -0.15) is 0 Å². The molecule has 0 spiro atoms. The second-order valence-electron chi connectivity index (χ2n) is 8.06. The Kier molecular flexibility index (Phi) is 6.47. The van der Waals surface area contributed by atoms with Gasteiger partial charge in [0, 0.05) is 5.69 Å². The van der Waals surface area contributed by atoms with Gasteiger partial charge in [-0.3, -0.25) is 9.69 Å². The maximum absolute atomic E-state index is 13.7. The van der Waals surface area contributed by atoms with E-state index in [1.54, 1.807) is 16.9 Å². The summed E-state index contributed by atoms with van der Waals surface area (Å²) in [5, 5.41) is 10.9. The number of aromatic hydroxyl groups is 1. The van der Waals surface area contributed by atoms with Crippen LogP contribution in [0.5, 0.6) is 11.5 Å². The van der Waals surface area contributed by atoms with E-state index in [4.69, 9.17) is 9.15 Å². The quantitative estimate of drug-likeness (QED) is 0.608. The molecule has 1 saturated heterocycles. The summed E-state index contributed by atoms with van der Waals surface area (Å²) in [5.41, 5.74) is 1.92. The Bertz CT molecular complexity index is 1050. The topological polar surface area (TPSA) is 67.8 Å². The van der Waals surface area contributed by atoms with Crippen molar-refractivity contribution in [3.8, 4) is 11.5 Å². The minimum Gasteiger partial charge on any atom is -0.507 e. The number of aryl methyl sites for hydroxylation is 1. The number of hydrogen-bond acceptors (Lipinski definition) is 5. The molecule has 1 aliphatic heterocycles. The van der Waals surface area contributed by atoms with E-state index in [1.165, 1.54) is 6.42 Å². The van der Waals surface area contributed by atoms with Crippen LogP contribution in [-0.2, 0) is 6.54 Å². The smallest absolute Gasteiger partial charge is 0.260 e. The van der Waals surface area contributed by atoms with E-state index >= 15 is 0 Å². The number of rotatable bonds is 7. The van der Waals surface area contributed by atoms with Crippen LogP contribution in [-0.4, -0.2) is 34.3 Å². The number of hydrogen-bond donors (Lipinski definition) is 1. The highest BCUT2D eigenvalue weighted by atomic mass is 16.5. The lowest BCUT2D eigenvalue weighted by atomic mass is 9.94. The molecule has 1 N–H and O–H groups in total. The van der Waals surface area contributed by atoms with Crippen LogP contribution in [0.1, 0.15) is 54.8 Å². The number of furan rings is 1. The highest BCUT2D eigenvalue weighted by Crippen LogP contribution is 2.35. The maximum atomic E-state index is 13.7. The number of ether oxygens (including phenoxy) is 1. The van der Waals surface area contributed by atoms with Gasteiger partial charge in [0.1, 0.15) is 17.3 Å². The molecule has 2 aromatic heterocycles. The van der Waals surface area contributed by atoms with Gasteiger partial charge in [0.2, 0.25) is 0 Å². The molecule has 0 unspecified atom stereocenters. The van der Waals surface area contributed by atoms with Gasteiger partial charge in [-0.1, -0.05) is 18.6 Å². The highest BCUT2D eigenvalue weighted by molar-refractivity contribution is 5.42. The zero-order chi connectivity index (χ0) is 21.8. The van der Waals surface area contributed by atoms with Crippen LogP contribution in [0.15, 0.2) is 57.9 Å². The Morgan fingerprint density at radius 1 is 1.13 bits per heavy atom. The molecular weight excluding hydrogens is 392 g/mol. The van der Waals surface area contributed by atoms with Crippen LogP contribution in [0.25, 0.3) is 0 Å². The van der Waals surface area contributed by atoms with Gasteiger partial charge in [-0.15, -0.1) is 0 Å². The molecule has 1 aromatic carbocycles. The second-order valence-corrected chi connectivity index (χ2v) is 8.06. The van der Waals surface area contributed by atoms with E-state index in [0.717, 1.165) is 37.2 Å². The number of benzene rings is 1. The van der Waals surface area contributed by atoms with Crippen molar-refractivity contribution in [2.45, 2.75) is 45.7 Å². The molecule has 3 aromatic rings. The first-order valence-corrected chi connectivity index (χ1v) is 11.0. The summed E-state index contributed by atoms with van der Waals surface area (Å²) in [6.07, 6.45) is 4.96. The van der Waals surface area contributed by atoms with Gasteiger partial charge >= 0.3 is 0 Å². The Balaban J connectivity index is 1.81. The first kappa shape index (κ1) is 21.2. The van der Waals surface area contributed by atoms with Crippen LogP contribution in [0.2, 0.25) is 0 Å². The molecule has 1 fully saturated rings. The van der Waals surface area contributed by atoms with E-state index < -0.39 is 0 Å². The third kappa shape index (κ3) is 4.54. The standard InChI is InChI=1S/C25H30N2O4/c1-3-30-20-11-9-19(10-12-20)24(26-13-5-4-6-14-26)23-22(28)16-18(2)27(25(23)29)17-21-8-7-15-31-21/h7-12,15-16,24,28H,3-6,13-14,17H2,1-2H3/t24-/m0/s1. The van der Waals surface area contributed by atoms with Gasteiger partial charge in [-0.05, 0) is 75.7 Å². The van der Waals surface area contributed by atoms with Crippen molar-refractivity contribution in [3.05, 3.63) is 81.7 Å². The lowest BCUT2D eigenvalue weighted by Gasteiger charge is -2.35. The molecule has 1 aliphatic rings. The van der Waals surface area contributed by atoms with E-state index in [0.29, 0.717) is 30.2 Å². The largest absolute Gasteiger partial charge is 0.507 e. The van der Waals surface area contributed by atoms with E-state index in [-0.39, 0.29) is 17.4 Å². The van der Waals surface area contributed by atoms with Gasteiger partial charge < -0.3 is 18.8 Å². The minimum absolute atomic E-state index is 0.0441. The lowest BCUT2D eigenvalue weighted by molar-refractivity contribution is 0.183. The van der Waals surface area contributed by atoms with Crippen molar-refractivity contribution in [2.24, 2.45) is 0 Å². The van der Waals surface area contributed by atoms with Crippen molar-refractivity contribution in [2.75, 3.05) is 19.7 Å². The van der Waals surface area contributed by atoms with Crippen molar-refractivity contribution in [3.63, 3.8) is 0 Å². The lowest BCUT2D eigenvalue weighted by Crippen LogP contribution is -2.38. The number of pyridine rings is 1. The van der Waals surface area contributed by atoms with Crippen LogP contribution in [0.3, 0.4) is 0 Å². The zero-order valence-electron chi connectivity index (χ0n) is 18.2. The maximum Gasteiger partial charge on any atom is 0.260 e. The normalized spacial score (nSPS) is 15.7. The van der Waals surface area contributed by atoms with Crippen LogP contribution < -0.4 is 10.3 Å². The molecule has 0 aliphatic carbocycles. The molecule has 0 saturated carbocycles. The fourth-order valence-electron chi connectivity index (χ4n) is 4.43. The van der Waals surface area contributed by atoms with E-state index in [2.05, 4.69) is 4.90 Å². The van der Waals surface area contributed by atoms with Crippen molar-refractivity contribution in [1.29, 1.82) is 0 Å². The van der Waals surface area contributed by atoms with Gasteiger partial charge in [0.05, 0.1) is 31.0 Å². The van der Waals surface area contributed by atoms with Crippen molar-refractivity contribution < 1.29 is 14.3 Å². The predicted octanol–water partition coefficient (Wildman–Crippen LogP) is 4.48. The SMILES string of the molecule is CCOc1ccc([C@@H](c2c(O)cc(C)n(Cc3ccco3)c2=O)N2CCCCC2)cc1. The molecule has 164 valence electrons. The summed E-state index contributed by atoms with van der Waals surface area (Å²) in [5.74, 6) is 1.55. The fourth-order valence-corrected chi connectivity index (χ4v) is 4.43. The molecule has 0 amide bonds. The third-order valence-corrected chi connectivity index (χ3v) is 5.95. The van der Waals surface area contributed by atoms with Gasteiger partial charge in [0.25, 0.3) is 5.56 Å². The fraction of sp³-hybridized carbons (Fsp3) is 0.400. The molecule has 6 heteroatoms. The summed E-state index contributed by atoms with van der Waals surface area (Å²) in [6, 6.07) is 12.9. The summed E-state index contributed by atoms with van der Waals surface area (Å²) < 4.78 is 12.7. The molecule has 0 radical (unpaired) electrons. The zero-order valence-corrected chi connectivity index (χ0v) is 18.2. The first-order valence-electron chi connectivity index (χ1n) is 11.0. The Morgan fingerprint density at radius 2 is 1.87 bits per heavy atom.